The molecule has 0 N–H and O–H groups in total. The van der Waals surface area contributed by atoms with Crippen molar-refractivity contribution in [1.82, 2.24) is 0 Å². The Morgan fingerprint density at radius 3 is 1.10 bits per heavy atom. The summed E-state index contributed by atoms with van der Waals surface area (Å²) >= 11 is 0. The molecule has 0 unspecified atom stereocenters. The molecule has 0 aromatic carbocycles. The number of hydrogen-bond acceptors (Lipinski definition) is 2. The van der Waals surface area contributed by atoms with Crippen LogP contribution in [0.25, 0.3) is 0 Å². The maximum Gasteiger partial charge on any atom is 0.0783 e. The van der Waals surface area contributed by atoms with Gasteiger partial charge in [-0.2, -0.15) is 0 Å². The van der Waals surface area contributed by atoms with Gasteiger partial charge in [-0.1, -0.05) is 48.5 Å². The molecule has 0 aromatic heterocycles. The van der Waals surface area contributed by atoms with E-state index in [1.165, 1.54) is 56.3 Å². The van der Waals surface area contributed by atoms with Crippen LogP contribution in [0.5, 0.6) is 0 Å². The predicted molar refractivity (Wildman–Crippen MR) is 85.4 cm³/mol. The second kappa shape index (κ2) is 11.1. The fourth-order valence-corrected chi connectivity index (χ4v) is 2.57. The molecular weight excluding hydrogens is 250 g/mol. The van der Waals surface area contributed by atoms with Crippen molar-refractivity contribution in [2.45, 2.75) is 74.1 Å². The van der Waals surface area contributed by atoms with E-state index in [0.29, 0.717) is 0 Å². The van der Waals surface area contributed by atoms with Crippen LogP contribution < -0.4 is 5.11 Å². The van der Waals surface area contributed by atoms with Gasteiger partial charge in [-0.05, 0) is 25.7 Å². The van der Waals surface area contributed by atoms with Gasteiger partial charge in [0.25, 0.3) is 0 Å². The van der Waals surface area contributed by atoms with Gasteiger partial charge in [-0.3, -0.25) is 0 Å². The number of hydrogen-bond donors (Lipinski definition) is 0. The van der Waals surface area contributed by atoms with E-state index in [9.17, 15) is 9.90 Å². The second-order valence-electron chi connectivity index (χ2n) is 6.77. The lowest BCUT2D eigenvalue weighted by molar-refractivity contribution is -0.928. The predicted octanol–water partition coefficient (Wildman–Crippen LogP) is 3.23. The maximum atomic E-state index is 9.91. The standard InChI is InChI=1S/C12H28N.C5H10O2/c1-5-9-13(10-6-2,11-7-3)12-8-4;1-5(2,3)4(6)7/h5-12H2,1-4H3;1-3H3,(H,6,7)/q+1;/p-1. The molecule has 0 rings (SSSR count). The first-order valence-electron chi connectivity index (χ1n) is 8.25. The lowest BCUT2D eigenvalue weighted by Crippen LogP contribution is -2.50. The summed E-state index contributed by atoms with van der Waals surface area (Å²) in [6, 6.07) is 0. The number of aliphatic carboxylic acids is 1. The van der Waals surface area contributed by atoms with Crippen LogP contribution in [-0.4, -0.2) is 36.6 Å². The zero-order valence-corrected chi connectivity index (χ0v) is 14.9. The van der Waals surface area contributed by atoms with Crippen molar-refractivity contribution in [1.29, 1.82) is 0 Å². The van der Waals surface area contributed by atoms with E-state index in [2.05, 4.69) is 27.7 Å². The van der Waals surface area contributed by atoms with Crippen LogP contribution in [0.15, 0.2) is 0 Å². The highest BCUT2D eigenvalue weighted by Gasteiger charge is 2.22. The number of carbonyl (C=O) groups is 1. The highest BCUT2D eigenvalue weighted by molar-refractivity contribution is 5.70. The summed E-state index contributed by atoms with van der Waals surface area (Å²) in [6.45, 7) is 19.6. The first-order chi connectivity index (χ1) is 9.19. The molecule has 0 atom stereocenters. The summed E-state index contributed by atoms with van der Waals surface area (Å²) < 4.78 is 1.38. The Bertz CT molecular complexity index is 214. The van der Waals surface area contributed by atoms with Crippen molar-refractivity contribution in [2.75, 3.05) is 26.2 Å². The zero-order valence-electron chi connectivity index (χ0n) is 14.9. The molecule has 20 heavy (non-hydrogen) atoms. The molecule has 0 radical (unpaired) electrons. The zero-order chi connectivity index (χ0) is 16.2. The largest absolute Gasteiger partial charge is 0.550 e. The average molecular weight is 287 g/mol. The number of carboxylic acid groups (broad SMARTS) is 1. The molecule has 0 fully saturated rings. The third-order valence-electron chi connectivity index (χ3n) is 3.40. The molecule has 3 heteroatoms. The topological polar surface area (TPSA) is 40.1 Å². The van der Waals surface area contributed by atoms with Gasteiger partial charge in [-0.15, -0.1) is 0 Å². The van der Waals surface area contributed by atoms with E-state index in [-0.39, 0.29) is 0 Å². The number of rotatable bonds is 8. The van der Waals surface area contributed by atoms with Crippen molar-refractivity contribution < 1.29 is 14.4 Å². The van der Waals surface area contributed by atoms with Gasteiger partial charge in [0.15, 0.2) is 0 Å². The van der Waals surface area contributed by atoms with Crippen LogP contribution in [0.4, 0.5) is 0 Å². The third-order valence-corrected chi connectivity index (χ3v) is 3.40. The van der Waals surface area contributed by atoms with Crippen LogP contribution in [-0.2, 0) is 4.79 Å². The number of quaternary nitrogens is 1. The van der Waals surface area contributed by atoms with Gasteiger partial charge in [0.05, 0.1) is 26.2 Å². The molecule has 0 aliphatic rings. The summed E-state index contributed by atoms with van der Waals surface area (Å²) in [6.07, 6.45) is 5.33. The fourth-order valence-electron chi connectivity index (χ4n) is 2.57. The third kappa shape index (κ3) is 10.2. The molecule has 0 spiro atoms. The van der Waals surface area contributed by atoms with Gasteiger partial charge < -0.3 is 14.4 Å². The SMILES string of the molecule is CC(C)(C)C(=O)[O-].CCC[N+](CCC)(CCC)CCC. The Kier molecular flexibility index (Phi) is 12.1. The van der Waals surface area contributed by atoms with Crippen LogP contribution in [0, 0.1) is 5.41 Å². The lowest BCUT2D eigenvalue weighted by Gasteiger charge is -2.38. The van der Waals surface area contributed by atoms with Gasteiger partial charge in [0.1, 0.15) is 0 Å². The number of carbonyl (C=O) groups excluding carboxylic acids is 1. The Balaban J connectivity index is 0. The number of carboxylic acids is 1. The van der Waals surface area contributed by atoms with Gasteiger partial charge in [0.2, 0.25) is 0 Å². The average Bonchev–Trinajstić information content (AvgIpc) is 2.29. The van der Waals surface area contributed by atoms with Crippen molar-refractivity contribution >= 4 is 5.97 Å². The van der Waals surface area contributed by atoms with E-state index < -0.39 is 11.4 Å². The van der Waals surface area contributed by atoms with Gasteiger partial charge >= 0.3 is 0 Å². The normalized spacial score (nSPS) is 11.8. The van der Waals surface area contributed by atoms with Crippen molar-refractivity contribution in [3.8, 4) is 0 Å². The quantitative estimate of drug-likeness (QED) is 0.643. The fraction of sp³-hybridized carbons (Fsp3) is 0.941. The van der Waals surface area contributed by atoms with Crippen LogP contribution in [0.2, 0.25) is 0 Å². The minimum atomic E-state index is -1.01. The Morgan fingerprint density at radius 2 is 1.00 bits per heavy atom. The molecule has 0 aliphatic carbocycles. The molecular formula is C17H37NO2. The first-order valence-corrected chi connectivity index (χ1v) is 8.25. The second-order valence-corrected chi connectivity index (χ2v) is 6.77. The Hall–Kier alpha value is -0.570. The summed E-state index contributed by atoms with van der Waals surface area (Å²) in [5.74, 6) is -1.01. The summed E-state index contributed by atoms with van der Waals surface area (Å²) in [4.78, 5) is 9.91. The first kappa shape index (κ1) is 21.7. The molecule has 122 valence electrons. The highest BCUT2D eigenvalue weighted by Crippen LogP contribution is 2.12. The molecule has 0 saturated heterocycles. The highest BCUT2D eigenvalue weighted by atomic mass is 16.4. The van der Waals surface area contributed by atoms with E-state index in [1.807, 2.05) is 0 Å². The smallest absolute Gasteiger partial charge is 0.0783 e. The summed E-state index contributed by atoms with van der Waals surface area (Å²) in [7, 11) is 0. The van der Waals surface area contributed by atoms with Crippen molar-refractivity contribution in [3.63, 3.8) is 0 Å². The van der Waals surface area contributed by atoms with Crippen LogP contribution in [0.3, 0.4) is 0 Å². The van der Waals surface area contributed by atoms with Crippen LogP contribution in [0.1, 0.15) is 74.1 Å². The van der Waals surface area contributed by atoms with E-state index in [4.69, 9.17) is 0 Å². The molecule has 0 amide bonds. The van der Waals surface area contributed by atoms with Gasteiger partial charge in [-0.25, -0.2) is 0 Å². The molecule has 0 aromatic rings. The summed E-state index contributed by atoms with van der Waals surface area (Å²) in [5.41, 5.74) is -0.694. The molecule has 3 nitrogen and oxygen atoms in total. The molecule has 0 heterocycles. The summed E-state index contributed by atoms with van der Waals surface area (Å²) in [5, 5.41) is 9.91. The molecule has 0 saturated carbocycles. The van der Waals surface area contributed by atoms with E-state index in [1.54, 1.807) is 20.8 Å². The lowest BCUT2D eigenvalue weighted by atomic mass is 9.98. The van der Waals surface area contributed by atoms with Gasteiger partial charge in [0, 0.05) is 11.4 Å². The van der Waals surface area contributed by atoms with Crippen molar-refractivity contribution in [3.05, 3.63) is 0 Å². The Morgan fingerprint density at radius 1 is 0.800 bits per heavy atom. The maximum absolute atomic E-state index is 9.91. The van der Waals surface area contributed by atoms with E-state index >= 15 is 0 Å². The molecule has 0 aliphatic heterocycles. The van der Waals surface area contributed by atoms with Crippen LogP contribution >= 0.6 is 0 Å². The monoisotopic (exact) mass is 287 g/mol. The molecule has 0 bridgehead atoms. The number of nitrogens with zero attached hydrogens (tertiary/aromatic N) is 1. The minimum Gasteiger partial charge on any atom is -0.550 e. The minimum absolute atomic E-state index is 0.694. The van der Waals surface area contributed by atoms with E-state index in [0.717, 1.165) is 0 Å². The Labute approximate surface area is 127 Å². The van der Waals surface area contributed by atoms with Crippen molar-refractivity contribution in [2.24, 2.45) is 5.41 Å².